The lowest BCUT2D eigenvalue weighted by atomic mass is 10.1. The Morgan fingerprint density at radius 2 is 1.74 bits per heavy atom. The third kappa shape index (κ3) is 3.99. The third-order valence-electron chi connectivity index (χ3n) is 4.48. The largest absolute Gasteiger partial charge is 0.322 e. The highest BCUT2D eigenvalue weighted by atomic mass is 32.2. The normalized spacial score (nSPS) is 14.9. The number of carbonyl (C=O) groups excluding carboxylic acids is 1. The van der Waals surface area contributed by atoms with E-state index in [-0.39, 0.29) is 16.1 Å². The zero-order chi connectivity index (χ0) is 19.6. The summed E-state index contributed by atoms with van der Waals surface area (Å²) in [6.07, 6.45) is 1.70. The van der Waals surface area contributed by atoms with Crippen LogP contribution in [0.2, 0.25) is 0 Å². The van der Waals surface area contributed by atoms with Crippen molar-refractivity contribution in [2.75, 3.05) is 18.4 Å². The molecule has 0 aromatic heterocycles. The summed E-state index contributed by atoms with van der Waals surface area (Å²) in [7, 11) is -3.53. The van der Waals surface area contributed by atoms with E-state index in [2.05, 4.69) is 5.32 Å². The van der Waals surface area contributed by atoms with Crippen LogP contribution in [0.1, 0.15) is 28.8 Å². The summed E-state index contributed by atoms with van der Waals surface area (Å²) in [5.74, 6) is -0.474. The van der Waals surface area contributed by atoms with Crippen LogP contribution in [0.5, 0.6) is 0 Å². The van der Waals surface area contributed by atoms with Gasteiger partial charge in [-0.25, -0.2) is 8.42 Å². The highest BCUT2D eigenvalue weighted by Gasteiger charge is 2.27. The van der Waals surface area contributed by atoms with E-state index in [0.29, 0.717) is 24.3 Å². The van der Waals surface area contributed by atoms with Gasteiger partial charge in [0.25, 0.3) is 11.6 Å². The van der Waals surface area contributed by atoms with Gasteiger partial charge in [0, 0.05) is 36.0 Å². The molecule has 0 spiro atoms. The highest BCUT2D eigenvalue weighted by molar-refractivity contribution is 7.89. The van der Waals surface area contributed by atoms with Crippen LogP contribution in [-0.2, 0) is 10.0 Å². The molecular formula is C18H19N3O5S. The SMILES string of the molecule is Cc1ccc(NC(=O)c2ccc(S(=O)(=O)N3CCCC3)cc2)cc1[N+](=O)[O-]. The predicted molar refractivity (Wildman–Crippen MR) is 100 cm³/mol. The van der Waals surface area contributed by atoms with Crippen molar-refractivity contribution in [2.24, 2.45) is 0 Å². The Bertz CT molecular complexity index is 981. The van der Waals surface area contributed by atoms with Gasteiger partial charge in [-0.3, -0.25) is 14.9 Å². The molecule has 142 valence electrons. The first-order chi connectivity index (χ1) is 12.8. The smallest absolute Gasteiger partial charge is 0.274 e. The van der Waals surface area contributed by atoms with Crippen molar-refractivity contribution in [3.05, 3.63) is 63.7 Å². The molecule has 2 aromatic rings. The Kier molecular flexibility index (Phi) is 5.24. The molecule has 3 rings (SSSR count). The minimum Gasteiger partial charge on any atom is -0.322 e. The second-order valence-electron chi connectivity index (χ2n) is 6.35. The van der Waals surface area contributed by atoms with Crippen LogP contribution >= 0.6 is 0 Å². The van der Waals surface area contributed by atoms with Gasteiger partial charge in [0.1, 0.15) is 0 Å². The lowest BCUT2D eigenvalue weighted by Gasteiger charge is -2.15. The number of amides is 1. The average molecular weight is 389 g/mol. The summed E-state index contributed by atoms with van der Waals surface area (Å²) in [5, 5.41) is 13.6. The van der Waals surface area contributed by atoms with Crippen LogP contribution in [0.25, 0.3) is 0 Å². The Balaban J connectivity index is 1.76. The standard InChI is InChI=1S/C18H19N3O5S/c1-13-4-7-15(12-17(13)21(23)24)19-18(22)14-5-8-16(9-6-14)27(25,26)20-10-2-3-11-20/h4-9,12H,2-3,10-11H2,1H3,(H,19,22). The zero-order valence-corrected chi connectivity index (χ0v) is 15.5. The molecule has 0 saturated carbocycles. The number of nitrogens with zero attached hydrogens (tertiary/aromatic N) is 2. The van der Waals surface area contributed by atoms with Gasteiger partial charge in [-0.15, -0.1) is 0 Å². The lowest BCUT2D eigenvalue weighted by Crippen LogP contribution is -2.27. The maximum atomic E-state index is 12.5. The molecule has 0 bridgehead atoms. The lowest BCUT2D eigenvalue weighted by molar-refractivity contribution is -0.385. The second-order valence-corrected chi connectivity index (χ2v) is 8.29. The number of sulfonamides is 1. The summed E-state index contributed by atoms with van der Waals surface area (Å²) in [6, 6.07) is 10.1. The molecule has 0 aliphatic carbocycles. The maximum absolute atomic E-state index is 12.5. The number of rotatable bonds is 5. The van der Waals surface area contributed by atoms with E-state index in [1.165, 1.54) is 34.6 Å². The van der Waals surface area contributed by atoms with E-state index in [1.807, 2.05) is 0 Å². The summed E-state index contributed by atoms with van der Waals surface area (Å²) in [6.45, 7) is 2.64. The number of aryl methyl sites for hydroxylation is 1. The van der Waals surface area contributed by atoms with Gasteiger partial charge in [-0.1, -0.05) is 6.07 Å². The summed E-state index contributed by atoms with van der Waals surface area (Å²) < 4.78 is 26.4. The number of hydrogen-bond donors (Lipinski definition) is 1. The molecule has 1 heterocycles. The first kappa shape index (κ1) is 19.0. The average Bonchev–Trinajstić information content (AvgIpc) is 3.19. The molecule has 8 nitrogen and oxygen atoms in total. The van der Waals surface area contributed by atoms with Gasteiger partial charge < -0.3 is 5.32 Å². The fourth-order valence-electron chi connectivity index (χ4n) is 2.94. The number of nitrogens with one attached hydrogen (secondary N) is 1. The minimum atomic E-state index is -3.53. The van der Waals surface area contributed by atoms with E-state index in [0.717, 1.165) is 12.8 Å². The topological polar surface area (TPSA) is 110 Å². The van der Waals surface area contributed by atoms with Crippen molar-refractivity contribution >= 4 is 27.3 Å². The monoisotopic (exact) mass is 389 g/mol. The molecule has 0 unspecified atom stereocenters. The fraction of sp³-hybridized carbons (Fsp3) is 0.278. The molecule has 9 heteroatoms. The minimum absolute atomic E-state index is 0.0835. The van der Waals surface area contributed by atoms with Gasteiger partial charge in [0.2, 0.25) is 10.0 Å². The molecule has 1 amide bonds. The van der Waals surface area contributed by atoms with Gasteiger partial charge in [0.05, 0.1) is 9.82 Å². The van der Waals surface area contributed by atoms with Gasteiger partial charge in [-0.2, -0.15) is 4.31 Å². The van der Waals surface area contributed by atoms with Crippen LogP contribution in [-0.4, -0.2) is 36.6 Å². The van der Waals surface area contributed by atoms with Crippen molar-refractivity contribution in [1.29, 1.82) is 0 Å². The summed E-state index contributed by atoms with van der Waals surface area (Å²) in [4.78, 5) is 23.0. The molecular weight excluding hydrogens is 370 g/mol. The van der Waals surface area contributed by atoms with Gasteiger partial charge in [0.15, 0.2) is 0 Å². The molecule has 1 N–H and O–H groups in total. The highest BCUT2D eigenvalue weighted by Crippen LogP contribution is 2.24. The predicted octanol–water partition coefficient (Wildman–Crippen LogP) is 2.94. The number of nitro benzene ring substituents is 1. The summed E-state index contributed by atoms with van der Waals surface area (Å²) in [5.41, 5.74) is 0.971. The first-order valence-corrected chi connectivity index (χ1v) is 9.89. The van der Waals surface area contributed by atoms with Crippen molar-refractivity contribution in [3.8, 4) is 0 Å². The van der Waals surface area contributed by atoms with Crippen molar-refractivity contribution in [2.45, 2.75) is 24.7 Å². The molecule has 1 saturated heterocycles. The quantitative estimate of drug-likeness (QED) is 0.624. The van der Waals surface area contributed by atoms with Gasteiger partial charge >= 0.3 is 0 Å². The molecule has 0 radical (unpaired) electrons. The van der Waals surface area contributed by atoms with Crippen LogP contribution in [0, 0.1) is 17.0 Å². The van der Waals surface area contributed by atoms with Crippen molar-refractivity contribution in [1.82, 2.24) is 4.31 Å². The molecule has 1 aliphatic rings. The second kappa shape index (κ2) is 7.45. The Morgan fingerprint density at radius 1 is 1.11 bits per heavy atom. The fourth-order valence-corrected chi connectivity index (χ4v) is 4.46. The van der Waals surface area contributed by atoms with Crippen LogP contribution in [0.4, 0.5) is 11.4 Å². The number of carbonyl (C=O) groups is 1. The Labute approximate surface area is 157 Å². The molecule has 1 fully saturated rings. The maximum Gasteiger partial charge on any atom is 0.274 e. The van der Waals surface area contributed by atoms with Gasteiger partial charge in [-0.05, 0) is 50.1 Å². The number of nitro groups is 1. The van der Waals surface area contributed by atoms with E-state index in [4.69, 9.17) is 0 Å². The van der Waals surface area contributed by atoms with E-state index >= 15 is 0 Å². The van der Waals surface area contributed by atoms with E-state index < -0.39 is 20.9 Å². The Morgan fingerprint density at radius 3 is 2.33 bits per heavy atom. The number of benzene rings is 2. The molecule has 2 aromatic carbocycles. The first-order valence-electron chi connectivity index (χ1n) is 8.45. The molecule has 1 aliphatic heterocycles. The Hall–Kier alpha value is -2.78. The summed E-state index contributed by atoms with van der Waals surface area (Å²) >= 11 is 0. The molecule has 0 atom stereocenters. The number of hydrogen-bond acceptors (Lipinski definition) is 5. The number of anilines is 1. The van der Waals surface area contributed by atoms with Crippen LogP contribution in [0.3, 0.4) is 0 Å². The van der Waals surface area contributed by atoms with Crippen molar-refractivity contribution in [3.63, 3.8) is 0 Å². The van der Waals surface area contributed by atoms with Crippen LogP contribution in [0.15, 0.2) is 47.4 Å². The van der Waals surface area contributed by atoms with Crippen LogP contribution < -0.4 is 5.32 Å². The van der Waals surface area contributed by atoms with E-state index in [9.17, 15) is 23.3 Å². The third-order valence-corrected chi connectivity index (χ3v) is 6.40. The van der Waals surface area contributed by atoms with Crippen molar-refractivity contribution < 1.29 is 18.1 Å². The zero-order valence-electron chi connectivity index (χ0n) is 14.7. The van der Waals surface area contributed by atoms with E-state index in [1.54, 1.807) is 19.1 Å². The molecule has 27 heavy (non-hydrogen) atoms.